The van der Waals surface area contributed by atoms with Crippen molar-refractivity contribution in [1.29, 1.82) is 0 Å². The Morgan fingerprint density at radius 2 is 1.71 bits per heavy atom. The molecule has 0 radical (unpaired) electrons. The molecule has 45 heavy (non-hydrogen) atoms. The molecule has 1 saturated heterocycles. The first-order valence-corrected chi connectivity index (χ1v) is 16.3. The zero-order valence-corrected chi connectivity index (χ0v) is 26.3. The van der Waals surface area contributed by atoms with E-state index in [0.29, 0.717) is 32.7 Å². The van der Waals surface area contributed by atoms with E-state index in [0.717, 1.165) is 34.4 Å². The minimum atomic E-state index is -3.81. The van der Waals surface area contributed by atoms with E-state index in [1.54, 1.807) is 6.33 Å². The lowest BCUT2D eigenvalue weighted by molar-refractivity contribution is 0.184. The third-order valence-electron chi connectivity index (χ3n) is 8.00. The van der Waals surface area contributed by atoms with Crippen LogP contribution in [0.25, 0.3) is 32.9 Å². The summed E-state index contributed by atoms with van der Waals surface area (Å²) in [4.78, 5) is 42.0. The number of para-hydroxylation sites is 1. The van der Waals surface area contributed by atoms with Gasteiger partial charge in [-0.3, -0.25) is 14.7 Å². The maximum atomic E-state index is 13.4. The summed E-state index contributed by atoms with van der Waals surface area (Å²) in [7, 11) is 0.298. The number of nitrogens with zero attached hydrogens (tertiary/aromatic N) is 5. The standard InChI is InChI=1S/C32H36N8O4S/c1-21(35-30-26-9-5-8-25(29(26)33-20-34-30)23-7-4-6-22(16-23)19-38(2)3)18-39-12-14-40(15-13-39)45(43,44)24-10-11-28-27(17-24)31(41)37-32(42)36-28/h4-11,16-17,20-21H,12-15,18-19H2,1-3H3,(H,33,34,35)(H2,36,37,41,42)/t21-/m0/s1. The summed E-state index contributed by atoms with van der Waals surface area (Å²) in [6.45, 7) is 5.40. The van der Waals surface area contributed by atoms with Gasteiger partial charge in [-0.25, -0.2) is 23.2 Å². The first kappa shape index (κ1) is 30.6. The Labute approximate surface area is 260 Å². The highest BCUT2D eigenvalue weighted by Crippen LogP contribution is 2.31. The smallest absolute Gasteiger partial charge is 0.326 e. The number of anilines is 1. The number of nitrogens with one attached hydrogen (secondary N) is 3. The number of piperazine rings is 1. The maximum Gasteiger partial charge on any atom is 0.326 e. The van der Waals surface area contributed by atoms with Gasteiger partial charge in [-0.15, -0.1) is 0 Å². The van der Waals surface area contributed by atoms with Gasteiger partial charge in [0.05, 0.1) is 21.3 Å². The van der Waals surface area contributed by atoms with Crippen LogP contribution in [0.4, 0.5) is 5.82 Å². The highest BCUT2D eigenvalue weighted by atomic mass is 32.2. The third-order valence-corrected chi connectivity index (χ3v) is 9.89. The Morgan fingerprint density at radius 3 is 2.49 bits per heavy atom. The second-order valence-corrected chi connectivity index (χ2v) is 13.7. The Hall–Kier alpha value is -4.43. The fourth-order valence-corrected chi connectivity index (χ4v) is 7.36. The molecule has 234 valence electrons. The number of H-pyrrole nitrogens is 2. The molecule has 3 heterocycles. The van der Waals surface area contributed by atoms with Crippen LogP contribution in [0.2, 0.25) is 0 Å². The molecular weight excluding hydrogens is 592 g/mol. The average molecular weight is 629 g/mol. The Kier molecular flexibility index (Phi) is 8.51. The molecule has 0 spiro atoms. The number of hydrogen-bond donors (Lipinski definition) is 3. The Morgan fingerprint density at radius 1 is 0.933 bits per heavy atom. The number of aromatic nitrogens is 4. The summed E-state index contributed by atoms with van der Waals surface area (Å²) < 4.78 is 28.2. The van der Waals surface area contributed by atoms with Crippen molar-refractivity contribution in [2.24, 2.45) is 0 Å². The minimum absolute atomic E-state index is 0.0236. The largest absolute Gasteiger partial charge is 0.366 e. The number of benzene rings is 3. The number of fused-ring (bicyclic) bond motifs is 2. The molecule has 1 aliphatic heterocycles. The summed E-state index contributed by atoms with van der Waals surface area (Å²) in [5.74, 6) is 0.757. The van der Waals surface area contributed by atoms with Gasteiger partial charge >= 0.3 is 5.69 Å². The van der Waals surface area contributed by atoms with E-state index in [4.69, 9.17) is 0 Å². The van der Waals surface area contributed by atoms with Gasteiger partial charge in [0.2, 0.25) is 10.0 Å². The van der Waals surface area contributed by atoms with Crippen molar-refractivity contribution in [3.05, 3.63) is 93.4 Å². The predicted molar refractivity (Wildman–Crippen MR) is 176 cm³/mol. The van der Waals surface area contributed by atoms with Crippen LogP contribution in [0, 0.1) is 0 Å². The molecule has 13 heteroatoms. The van der Waals surface area contributed by atoms with Gasteiger partial charge in [-0.05, 0) is 62.5 Å². The first-order valence-electron chi connectivity index (χ1n) is 14.8. The molecule has 0 amide bonds. The molecule has 1 fully saturated rings. The molecule has 3 N–H and O–H groups in total. The molecular formula is C32H36N8O4S. The van der Waals surface area contributed by atoms with Crippen LogP contribution in [0.3, 0.4) is 0 Å². The van der Waals surface area contributed by atoms with Gasteiger partial charge in [0, 0.05) is 56.3 Å². The summed E-state index contributed by atoms with van der Waals surface area (Å²) in [5.41, 5.74) is 3.29. The average Bonchev–Trinajstić information content (AvgIpc) is 3.01. The summed E-state index contributed by atoms with van der Waals surface area (Å²) in [6, 6.07) is 18.9. The van der Waals surface area contributed by atoms with Gasteiger partial charge in [0.1, 0.15) is 12.1 Å². The third kappa shape index (κ3) is 6.52. The summed E-state index contributed by atoms with van der Waals surface area (Å²) >= 11 is 0. The SMILES string of the molecule is C[C@@H](CN1CCN(S(=O)(=O)c2ccc3[nH]c(=O)[nH]c(=O)c3c2)CC1)Nc1ncnc2c(-c3cccc(CN(C)C)c3)cccc12. The lowest BCUT2D eigenvalue weighted by Crippen LogP contribution is -2.50. The van der Waals surface area contributed by atoms with Crippen LogP contribution in [0.5, 0.6) is 0 Å². The zero-order valence-electron chi connectivity index (χ0n) is 25.4. The lowest BCUT2D eigenvalue weighted by Gasteiger charge is -2.35. The summed E-state index contributed by atoms with van der Waals surface area (Å²) in [5, 5.41) is 4.61. The van der Waals surface area contributed by atoms with Crippen molar-refractivity contribution in [3.8, 4) is 11.1 Å². The van der Waals surface area contributed by atoms with E-state index in [2.05, 4.69) is 86.4 Å². The first-order chi connectivity index (χ1) is 21.6. The van der Waals surface area contributed by atoms with Crippen LogP contribution in [-0.2, 0) is 16.6 Å². The fourth-order valence-electron chi connectivity index (χ4n) is 5.91. The van der Waals surface area contributed by atoms with Crippen molar-refractivity contribution in [3.63, 3.8) is 0 Å². The number of aromatic amines is 2. The molecule has 0 saturated carbocycles. The molecule has 3 aromatic carbocycles. The second kappa shape index (κ2) is 12.5. The number of rotatable bonds is 9. The van der Waals surface area contributed by atoms with E-state index in [-0.39, 0.29) is 21.8 Å². The van der Waals surface area contributed by atoms with Crippen LogP contribution in [0.15, 0.2) is 81.5 Å². The van der Waals surface area contributed by atoms with Crippen LogP contribution >= 0.6 is 0 Å². The molecule has 5 aromatic rings. The van der Waals surface area contributed by atoms with E-state index in [1.807, 2.05) is 12.1 Å². The number of hydrogen-bond acceptors (Lipinski definition) is 9. The monoisotopic (exact) mass is 628 g/mol. The van der Waals surface area contributed by atoms with Gasteiger partial charge in [-0.2, -0.15) is 4.31 Å². The second-order valence-electron chi connectivity index (χ2n) is 11.7. The van der Waals surface area contributed by atoms with E-state index >= 15 is 0 Å². The highest BCUT2D eigenvalue weighted by Gasteiger charge is 2.29. The highest BCUT2D eigenvalue weighted by molar-refractivity contribution is 7.89. The summed E-state index contributed by atoms with van der Waals surface area (Å²) in [6.07, 6.45) is 1.59. The molecule has 0 bridgehead atoms. The molecule has 6 rings (SSSR count). The van der Waals surface area contributed by atoms with E-state index in [1.165, 1.54) is 28.1 Å². The van der Waals surface area contributed by atoms with Crippen molar-refractivity contribution in [2.45, 2.75) is 24.4 Å². The molecule has 2 aromatic heterocycles. The molecule has 1 atom stereocenters. The normalized spacial score (nSPS) is 15.6. The van der Waals surface area contributed by atoms with Gasteiger partial charge in [0.25, 0.3) is 5.56 Å². The minimum Gasteiger partial charge on any atom is -0.366 e. The number of sulfonamides is 1. The van der Waals surface area contributed by atoms with Crippen molar-refractivity contribution in [2.75, 3.05) is 52.1 Å². The molecule has 12 nitrogen and oxygen atoms in total. The van der Waals surface area contributed by atoms with E-state index in [9.17, 15) is 18.0 Å². The quantitative estimate of drug-likeness (QED) is 0.224. The fraction of sp³-hybridized carbons (Fsp3) is 0.312. The van der Waals surface area contributed by atoms with Crippen LogP contribution in [0.1, 0.15) is 12.5 Å². The van der Waals surface area contributed by atoms with E-state index < -0.39 is 21.3 Å². The van der Waals surface area contributed by atoms with Gasteiger partial charge in [0.15, 0.2) is 0 Å². The Balaban J connectivity index is 1.12. The van der Waals surface area contributed by atoms with Crippen molar-refractivity contribution < 1.29 is 8.42 Å². The predicted octanol–water partition coefficient (Wildman–Crippen LogP) is 2.70. The van der Waals surface area contributed by atoms with Crippen molar-refractivity contribution in [1.82, 2.24) is 34.0 Å². The molecule has 0 aliphatic carbocycles. The van der Waals surface area contributed by atoms with Gasteiger partial charge < -0.3 is 15.2 Å². The van der Waals surface area contributed by atoms with Crippen LogP contribution in [-0.4, -0.2) is 95.3 Å². The lowest BCUT2D eigenvalue weighted by atomic mass is 10.00. The molecule has 0 unspecified atom stereocenters. The zero-order chi connectivity index (χ0) is 31.7. The van der Waals surface area contributed by atoms with Crippen molar-refractivity contribution >= 4 is 37.6 Å². The maximum absolute atomic E-state index is 13.4. The van der Waals surface area contributed by atoms with Gasteiger partial charge in [-0.1, -0.05) is 30.3 Å². The Bertz CT molecular complexity index is 2090. The van der Waals surface area contributed by atoms with Crippen LogP contribution < -0.4 is 16.6 Å². The topological polar surface area (TPSA) is 147 Å². The molecule has 1 aliphatic rings.